The summed E-state index contributed by atoms with van der Waals surface area (Å²) in [5, 5.41) is 9.82. The van der Waals surface area contributed by atoms with Crippen molar-refractivity contribution in [2.45, 2.75) is 39.7 Å². The summed E-state index contributed by atoms with van der Waals surface area (Å²) in [6, 6.07) is 9.89. The van der Waals surface area contributed by atoms with E-state index in [1.165, 1.54) is 0 Å². The minimum atomic E-state index is -0.249. The van der Waals surface area contributed by atoms with Crippen LogP contribution in [-0.4, -0.2) is 21.1 Å². The van der Waals surface area contributed by atoms with Crippen molar-refractivity contribution >= 4 is 5.91 Å². The number of nitrogens with one attached hydrogen (secondary N) is 2. The van der Waals surface area contributed by atoms with E-state index in [0.717, 1.165) is 11.4 Å². The number of aromatic amines is 1. The Morgan fingerprint density at radius 3 is 2.33 bits per heavy atom. The Morgan fingerprint density at radius 1 is 1.14 bits per heavy atom. The van der Waals surface area contributed by atoms with Gasteiger partial charge in [-0.3, -0.25) is 9.89 Å². The Hall–Kier alpha value is -2.17. The molecule has 5 heteroatoms. The van der Waals surface area contributed by atoms with Gasteiger partial charge in [-0.1, -0.05) is 58.0 Å². The molecule has 2 rings (SSSR count). The predicted octanol–water partition coefficient (Wildman–Crippen LogP) is 3.06. The van der Waals surface area contributed by atoms with E-state index in [1.54, 1.807) is 0 Å². The number of rotatable bonds is 5. The molecule has 5 nitrogen and oxygen atoms in total. The standard InChI is InChI=1S/C16H22N4O/c1-10(2)13(12-8-6-5-7-9-12)17-16(21)15-18-14(11(3)4)19-20-15/h5-11,13H,1-4H3,(H,17,21)(H,18,19,20). The van der Waals surface area contributed by atoms with Crippen molar-refractivity contribution in [2.75, 3.05) is 0 Å². The highest BCUT2D eigenvalue weighted by Crippen LogP contribution is 2.21. The Morgan fingerprint density at radius 2 is 1.81 bits per heavy atom. The molecule has 0 aliphatic heterocycles. The minimum absolute atomic E-state index is 0.0558. The lowest BCUT2D eigenvalue weighted by molar-refractivity contribution is 0.0915. The summed E-state index contributed by atoms with van der Waals surface area (Å²) in [4.78, 5) is 16.5. The molecule has 1 unspecified atom stereocenters. The summed E-state index contributed by atoms with van der Waals surface area (Å²) in [7, 11) is 0. The van der Waals surface area contributed by atoms with Gasteiger partial charge in [0.05, 0.1) is 6.04 Å². The lowest BCUT2D eigenvalue weighted by Gasteiger charge is -2.22. The van der Waals surface area contributed by atoms with Gasteiger partial charge in [-0.05, 0) is 11.5 Å². The van der Waals surface area contributed by atoms with Gasteiger partial charge in [-0.15, -0.1) is 5.10 Å². The summed E-state index contributed by atoms with van der Waals surface area (Å²) in [6.07, 6.45) is 0. The third kappa shape index (κ3) is 3.68. The van der Waals surface area contributed by atoms with Gasteiger partial charge in [0, 0.05) is 5.92 Å². The summed E-state index contributed by atoms with van der Waals surface area (Å²) in [5.41, 5.74) is 1.08. The minimum Gasteiger partial charge on any atom is -0.342 e. The summed E-state index contributed by atoms with van der Waals surface area (Å²) in [5.74, 6) is 1.16. The van der Waals surface area contributed by atoms with E-state index in [-0.39, 0.29) is 29.6 Å². The van der Waals surface area contributed by atoms with Gasteiger partial charge in [0.1, 0.15) is 5.82 Å². The van der Waals surface area contributed by atoms with Crippen molar-refractivity contribution in [2.24, 2.45) is 5.92 Å². The molecule has 0 bridgehead atoms. The van der Waals surface area contributed by atoms with Crippen LogP contribution in [0.1, 0.15) is 61.7 Å². The zero-order valence-electron chi connectivity index (χ0n) is 12.9. The van der Waals surface area contributed by atoms with Crippen molar-refractivity contribution in [3.63, 3.8) is 0 Å². The van der Waals surface area contributed by atoms with Gasteiger partial charge in [0.25, 0.3) is 5.91 Å². The molecule has 2 aromatic rings. The van der Waals surface area contributed by atoms with Crippen LogP contribution >= 0.6 is 0 Å². The maximum absolute atomic E-state index is 12.3. The van der Waals surface area contributed by atoms with E-state index in [9.17, 15) is 4.79 Å². The van der Waals surface area contributed by atoms with E-state index in [4.69, 9.17) is 0 Å². The lowest BCUT2D eigenvalue weighted by atomic mass is 9.96. The van der Waals surface area contributed by atoms with Gasteiger partial charge >= 0.3 is 0 Å². The van der Waals surface area contributed by atoms with Crippen LogP contribution in [0.2, 0.25) is 0 Å². The predicted molar refractivity (Wildman–Crippen MR) is 82.0 cm³/mol. The second kappa shape index (κ2) is 6.52. The molecular weight excluding hydrogens is 264 g/mol. The van der Waals surface area contributed by atoms with Crippen LogP contribution in [0.4, 0.5) is 0 Å². The molecule has 0 aliphatic carbocycles. The van der Waals surface area contributed by atoms with Crippen LogP contribution < -0.4 is 5.32 Å². The first-order valence-electron chi connectivity index (χ1n) is 7.27. The van der Waals surface area contributed by atoms with Crippen molar-refractivity contribution in [1.82, 2.24) is 20.5 Å². The van der Waals surface area contributed by atoms with Crippen molar-refractivity contribution in [3.05, 3.63) is 47.5 Å². The number of carbonyl (C=O) groups excluding carboxylic acids is 1. The monoisotopic (exact) mass is 286 g/mol. The SMILES string of the molecule is CC(C)c1nc(C(=O)NC(c2ccccc2)C(C)C)n[nH]1. The fraction of sp³-hybridized carbons (Fsp3) is 0.438. The van der Waals surface area contributed by atoms with E-state index < -0.39 is 0 Å². The quantitative estimate of drug-likeness (QED) is 0.887. The molecule has 21 heavy (non-hydrogen) atoms. The first-order chi connectivity index (χ1) is 9.99. The fourth-order valence-electron chi connectivity index (χ4n) is 2.14. The van der Waals surface area contributed by atoms with E-state index in [1.807, 2.05) is 44.2 Å². The molecule has 1 aromatic carbocycles. The molecule has 0 aliphatic rings. The summed E-state index contributed by atoms with van der Waals surface area (Å²) >= 11 is 0. The van der Waals surface area contributed by atoms with Gasteiger partial charge in [0.2, 0.25) is 5.82 Å². The fourth-order valence-corrected chi connectivity index (χ4v) is 2.14. The van der Waals surface area contributed by atoms with Gasteiger partial charge in [-0.2, -0.15) is 0 Å². The van der Waals surface area contributed by atoms with Crippen LogP contribution in [0.25, 0.3) is 0 Å². The van der Waals surface area contributed by atoms with Crippen LogP contribution in [0.5, 0.6) is 0 Å². The van der Waals surface area contributed by atoms with Crippen molar-refractivity contribution in [3.8, 4) is 0 Å². The highest BCUT2D eigenvalue weighted by molar-refractivity contribution is 5.90. The average Bonchev–Trinajstić information content (AvgIpc) is 2.95. The zero-order chi connectivity index (χ0) is 15.4. The number of carbonyl (C=O) groups is 1. The number of nitrogens with zero attached hydrogens (tertiary/aromatic N) is 2. The van der Waals surface area contributed by atoms with Crippen LogP contribution in [-0.2, 0) is 0 Å². The Kier molecular flexibility index (Phi) is 4.73. The van der Waals surface area contributed by atoms with E-state index in [2.05, 4.69) is 34.3 Å². The number of hydrogen-bond donors (Lipinski definition) is 2. The Bertz CT molecular complexity index is 589. The number of amides is 1. The largest absolute Gasteiger partial charge is 0.342 e. The molecule has 1 aromatic heterocycles. The number of H-pyrrole nitrogens is 1. The van der Waals surface area contributed by atoms with Gasteiger partial charge in [0.15, 0.2) is 0 Å². The number of benzene rings is 1. The molecule has 1 amide bonds. The maximum Gasteiger partial charge on any atom is 0.291 e. The maximum atomic E-state index is 12.3. The second-order valence-corrected chi connectivity index (χ2v) is 5.80. The molecule has 1 atom stereocenters. The lowest BCUT2D eigenvalue weighted by Crippen LogP contribution is -2.32. The summed E-state index contributed by atoms with van der Waals surface area (Å²) < 4.78 is 0. The average molecular weight is 286 g/mol. The number of aromatic nitrogens is 3. The third-order valence-electron chi connectivity index (χ3n) is 3.36. The first-order valence-corrected chi connectivity index (χ1v) is 7.27. The molecule has 112 valence electrons. The molecule has 0 saturated carbocycles. The highest BCUT2D eigenvalue weighted by Gasteiger charge is 2.21. The topological polar surface area (TPSA) is 70.7 Å². The molecule has 0 radical (unpaired) electrons. The van der Waals surface area contributed by atoms with Crippen LogP contribution in [0.3, 0.4) is 0 Å². The van der Waals surface area contributed by atoms with Gasteiger partial charge < -0.3 is 5.32 Å². The van der Waals surface area contributed by atoms with E-state index in [0.29, 0.717) is 0 Å². The zero-order valence-corrected chi connectivity index (χ0v) is 12.9. The first kappa shape index (κ1) is 15.2. The molecule has 0 fully saturated rings. The molecule has 1 heterocycles. The van der Waals surface area contributed by atoms with E-state index >= 15 is 0 Å². The van der Waals surface area contributed by atoms with Crippen molar-refractivity contribution in [1.29, 1.82) is 0 Å². The Balaban J connectivity index is 2.15. The smallest absolute Gasteiger partial charge is 0.291 e. The number of hydrogen-bond acceptors (Lipinski definition) is 3. The highest BCUT2D eigenvalue weighted by atomic mass is 16.2. The van der Waals surface area contributed by atoms with Crippen LogP contribution in [0, 0.1) is 5.92 Å². The molecular formula is C16H22N4O. The van der Waals surface area contributed by atoms with Crippen LogP contribution in [0.15, 0.2) is 30.3 Å². The Labute approximate surface area is 125 Å². The van der Waals surface area contributed by atoms with Crippen molar-refractivity contribution < 1.29 is 4.79 Å². The molecule has 0 spiro atoms. The summed E-state index contributed by atoms with van der Waals surface area (Å²) in [6.45, 7) is 8.16. The van der Waals surface area contributed by atoms with Gasteiger partial charge in [-0.25, -0.2) is 4.98 Å². The molecule has 2 N–H and O–H groups in total. The molecule has 0 saturated heterocycles. The normalized spacial score (nSPS) is 12.7. The second-order valence-electron chi connectivity index (χ2n) is 5.80. The third-order valence-corrected chi connectivity index (χ3v) is 3.36.